The minimum atomic E-state index is -0.802. The fraction of sp³-hybridized carbons (Fsp3) is 0.478. The maximum atomic E-state index is 12.6. The van der Waals surface area contributed by atoms with Crippen molar-refractivity contribution in [1.29, 1.82) is 0 Å². The number of carbonyl (C=O) groups is 2. The molecular formula is C23H27NO3S. The van der Waals surface area contributed by atoms with Crippen molar-refractivity contribution in [3.63, 3.8) is 0 Å². The molecule has 0 spiro atoms. The van der Waals surface area contributed by atoms with Gasteiger partial charge in [0.25, 0.3) is 5.91 Å². The third-order valence-corrected chi connectivity index (χ3v) is 7.00. The van der Waals surface area contributed by atoms with E-state index in [1.54, 1.807) is 6.92 Å². The van der Waals surface area contributed by atoms with E-state index in [0.717, 1.165) is 32.1 Å². The van der Waals surface area contributed by atoms with Gasteiger partial charge in [-0.3, -0.25) is 4.79 Å². The molecule has 28 heavy (non-hydrogen) atoms. The lowest BCUT2D eigenvalue weighted by Crippen LogP contribution is -2.39. The molecule has 4 rings (SSSR count). The van der Waals surface area contributed by atoms with Crippen LogP contribution in [-0.2, 0) is 28.8 Å². The van der Waals surface area contributed by atoms with E-state index in [9.17, 15) is 9.59 Å². The molecule has 2 aliphatic carbocycles. The second-order valence-electron chi connectivity index (χ2n) is 7.82. The van der Waals surface area contributed by atoms with Gasteiger partial charge in [0.2, 0.25) is 0 Å². The minimum Gasteiger partial charge on any atom is -0.448 e. The maximum absolute atomic E-state index is 12.6. The molecule has 1 aromatic heterocycles. The van der Waals surface area contributed by atoms with Crippen LogP contribution in [0.5, 0.6) is 0 Å². The summed E-state index contributed by atoms with van der Waals surface area (Å²) in [6, 6.07) is 10.2. The summed E-state index contributed by atoms with van der Waals surface area (Å²) < 4.78 is 5.50. The number of benzene rings is 1. The van der Waals surface area contributed by atoms with Crippen molar-refractivity contribution in [3.8, 4) is 0 Å². The molecule has 5 heteroatoms. The summed E-state index contributed by atoms with van der Waals surface area (Å²) in [4.78, 5) is 27.1. The van der Waals surface area contributed by atoms with Gasteiger partial charge in [-0.2, -0.15) is 0 Å². The molecule has 1 N–H and O–H groups in total. The summed E-state index contributed by atoms with van der Waals surface area (Å²) in [5.74, 6) is -0.613. The average Bonchev–Trinajstić information content (AvgIpc) is 2.99. The Bertz CT molecular complexity index is 849. The first kappa shape index (κ1) is 19.2. The highest BCUT2D eigenvalue weighted by atomic mass is 32.1. The number of nitrogens with one attached hydrogen (secondary N) is 1. The number of amides is 1. The first-order chi connectivity index (χ1) is 13.6. The van der Waals surface area contributed by atoms with Crippen molar-refractivity contribution in [1.82, 2.24) is 5.32 Å². The lowest BCUT2D eigenvalue weighted by molar-refractivity contribution is -0.130. The third-order valence-electron chi connectivity index (χ3n) is 5.79. The molecule has 0 saturated heterocycles. The quantitative estimate of drug-likeness (QED) is 0.598. The van der Waals surface area contributed by atoms with Gasteiger partial charge >= 0.3 is 5.97 Å². The predicted octanol–water partition coefficient (Wildman–Crippen LogP) is 4.76. The molecule has 1 amide bonds. The Labute approximate surface area is 170 Å². The van der Waals surface area contributed by atoms with Crippen molar-refractivity contribution < 1.29 is 14.3 Å². The van der Waals surface area contributed by atoms with Crippen LogP contribution < -0.4 is 5.32 Å². The fourth-order valence-corrected chi connectivity index (χ4v) is 5.37. The lowest BCUT2D eigenvalue weighted by Gasteiger charge is -2.27. The van der Waals surface area contributed by atoms with Crippen LogP contribution in [0.1, 0.15) is 76.3 Å². The Balaban J connectivity index is 1.38. The fourth-order valence-electron chi connectivity index (χ4n) is 4.23. The van der Waals surface area contributed by atoms with Gasteiger partial charge in [0, 0.05) is 4.88 Å². The smallest absolute Gasteiger partial charge is 0.349 e. The van der Waals surface area contributed by atoms with Crippen LogP contribution in [0.4, 0.5) is 0 Å². The molecule has 0 aliphatic heterocycles. The molecule has 0 saturated carbocycles. The second-order valence-corrected chi connectivity index (χ2v) is 8.96. The van der Waals surface area contributed by atoms with E-state index in [-0.39, 0.29) is 17.9 Å². The highest BCUT2D eigenvalue weighted by Gasteiger charge is 2.26. The van der Waals surface area contributed by atoms with E-state index in [1.807, 2.05) is 18.2 Å². The molecule has 148 valence electrons. The van der Waals surface area contributed by atoms with Crippen LogP contribution in [0.3, 0.4) is 0 Å². The van der Waals surface area contributed by atoms with Crippen molar-refractivity contribution in [2.75, 3.05) is 0 Å². The highest BCUT2D eigenvalue weighted by molar-refractivity contribution is 7.14. The molecule has 2 atom stereocenters. The second kappa shape index (κ2) is 8.48. The highest BCUT2D eigenvalue weighted by Crippen LogP contribution is 2.31. The molecule has 0 unspecified atom stereocenters. The van der Waals surface area contributed by atoms with E-state index in [4.69, 9.17) is 4.74 Å². The van der Waals surface area contributed by atoms with Gasteiger partial charge in [-0.05, 0) is 74.6 Å². The van der Waals surface area contributed by atoms with Crippen LogP contribution in [-0.4, -0.2) is 18.0 Å². The summed E-state index contributed by atoms with van der Waals surface area (Å²) in [6.07, 6.45) is 7.92. The number of hydrogen-bond acceptors (Lipinski definition) is 4. The molecule has 0 radical (unpaired) electrons. The zero-order chi connectivity index (χ0) is 19.5. The van der Waals surface area contributed by atoms with Gasteiger partial charge in [-0.1, -0.05) is 30.7 Å². The summed E-state index contributed by atoms with van der Waals surface area (Å²) in [5, 5.41) is 3.08. The summed E-state index contributed by atoms with van der Waals surface area (Å²) in [6.45, 7) is 1.65. The topological polar surface area (TPSA) is 55.4 Å². The Hall–Kier alpha value is -2.14. The van der Waals surface area contributed by atoms with Crippen LogP contribution >= 0.6 is 11.3 Å². The van der Waals surface area contributed by atoms with E-state index in [0.29, 0.717) is 4.88 Å². The summed E-state index contributed by atoms with van der Waals surface area (Å²) in [5.41, 5.74) is 3.76. The summed E-state index contributed by atoms with van der Waals surface area (Å²) in [7, 11) is 0. The van der Waals surface area contributed by atoms with Gasteiger partial charge < -0.3 is 10.1 Å². The minimum absolute atomic E-state index is 0.00333. The molecule has 1 heterocycles. The van der Waals surface area contributed by atoms with Crippen LogP contribution in [0.2, 0.25) is 0 Å². The van der Waals surface area contributed by atoms with Crippen LogP contribution in [0.15, 0.2) is 30.3 Å². The molecular weight excluding hydrogens is 370 g/mol. The molecule has 2 aliphatic rings. The zero-order valence-corrected chi connectivity index (χ0v) is 17.1. The number of esters is 1. The summed E-state index contributed by atoms with van der Waals surface area (Å²) >= 11 is 1.53. The number of thiophene rings is 1. The van der Waals surface area contributed by atoms with Gasteiger partial charge in [0.1, 0.15) is 4.88 Å². The van der Waals surface area contributed by atoms with Crippen molar-refractivity contribution in [3.05, 3.63) is 56.8 Å². The Kier molecular flexibility index (Phi) is 5.81. The van der Waals surface area contributed by atoms with Crippen molar-refractivity contribution in [2.45, 2.75) is 70.4 Å². The Morgan fingerprint density at radius 2 is 1.86 bits per heavy atom. The number of fused-ring (bicyclic) bond motifs is 2. The molecule has 1 aromatic carbocycles. The number of hydrogen-bond donors (Lipinski definition) is 1. The molecule has 4 nitrogen and oxygen atoms in total. The number of carbonyl (C=O) groups excluding carboxylic acids is 2. The number of rotatable bonds is 4. The first-order valence-electron chi connectivity index (χ1n) is 10.3. The third kappa shape index (κ3) is 4.14. The SMILES string of the molecule is C[C@H](OC(=O)c1cc2c(s1)CCCCC2)C(=O)N[C@H]1CCCc2ccccc21. The van der Waals surface area contributed by atoms with Crippen LogP contribution in [0.25, 0.3) is 0 Å². The molecule has 2 aromatic rings. The van der Waals surface area contributed by atoms with Crippen LogP contribution in [0, 0.1) is 0 Å². The van der Waals surface area contributed by atoms with Gasteiger partial charge in [-0.15, -0.1) is 11.3 Å². The van der Waals surface area contributed by atoms with E-state index in [2.05, 4.69) is 17.4 Å². The predicted molar refractivity (Wildman–Crippen MR) is 111 cm³/mol. The van der Waals surface area contributed by atoms with E-state index >= 15 is 0 Å². The van der Waals surface area contributed by atoms with E-state index < -0.39 is 6.10 Å². The first-order valence-corrected chi connectivity index (χ1v) is 11.1. The van der Waals surface area contributed by atoms with Gasteiger partial charge in [0.05, 0.1) is 6.04 Å². The monoisotopic (exact) mass is 397 g/mol. The lowest BCUT2D eigenvalue weighted by atomic mass is 9.87. The number of aryl methyl sites for hydroxylation is 3. The van der Waals surface area contributed by atoms with Crippen molar-refractivity contribution >= 4 is 23.2 Å². The standard InChI is InChI=1S/C23H27NO3S/c1-15(22(25)24-19-12-7-10-16-8-5-6-11-18(16)19)27-23(26)21-14-17-9-3-2-4-13-20(17)28-21/h5-6,8,11,14-15,19H,2-4,7,9-10,12-13H2,1H3,(H,24,25)/t15-,19-/m0/s1. The van der Waals surface area contributed by atoms with E-state index in [1.165, 1.54) is 52.2 Å². The normalized spacial score (nSPS) is 19.7. The zero-order valence-electron chi connectivity index (χ0n) is 16.3. The Morgan fingerprint density at radius 1 is 1.07 bits per heavy atom. The maximum Gasteiger partial charge on any atom is 0.349 e. The molecule has 0 bridgehead atoms. The van der Waals surface area contributed by atoms with Crippen molar-refractivity contribution in [2.24, 2.45) is 0 Å². The Morgan fingerprint density at radius 3 is 2.75 bits per heavy atom. The van der Waals surface area contributed by atoms with Gasteiger partial charge in [-0.25, -0.2) is 4.79 Å². The molecule has 0 fully saturated rings. The average molecular weight is 398 g/mol. The number of ether oxygens (including phenoxy) is 1. The van der Waals surface area contributed by atoms with Gasteiger partial charge in [0.15, 0.2) is 6.10 Å². The largest absolute Gasteiger partial charge is 0.448 e.